The Balaban J connectivity index is 2.15. The first kappa shape index (κ1) is 13.6. The van der Waals surface area contributed by atoms with Crippen molar-refractivity contribution in [2.24, 2.45) is 11.7 Å². The molecule has 0 aromatic heterocycles. The lowest BCUT2D eigenvalue weighted by Gasteiger charge is -2.13. The third kappa shape index (κ3) is 4.58. The monoisotopic (exact) mass is 258 g/mol. The number of ether oxygens (including phenoxy) is 1. The molecule has 1 rings (SSSR count). The van der Waals surface area contributed by atoms with Gasteiger partial charge in [-0.05, 0) is 11.8 Å². The van der Waals surface area contributed by atoms with Crippen molar-refractivity contribution >= 4 is 17.7 Å². The van der Waals surface area contributed by atoms with Gasteiger partial charge in [0.1, 0.15) is 0 Å². The van der Waals surface area contributed by atoms with Crippen LogP contribution in [0.1, 0.15) is 0 Å². The molecule has 1 saturated heterocycles. The number of hydrogen-bond acceptors (Lipinski definition) is 4. The number of alkyl halides is 3. The number of amides is 1. The number of thioether (sulfide) groups is 1. The average molecular weight is 258 g/mol. The van der Waals surface area contributed by atoms with Gasteiger partial charge in [0.05, 0.1) is 19.1 Å². The molecule has 1 aliphatic rings. The first-order valence-corrected chi connectivity index (χ1v) is 5.70. The van der Waals surface area contributed by atoms with Crippen LogP contribution in [0.15, 0.2) is 0 Å². The third-order valence-corrected chi connectivity index (χ3v) is 2.86. The molecule has 1 fully saturated rings. The van der Waals surface area contributed by atoms with Crippen LogP contribution in [0.5, 0.6) is 0 Å². The lowest BCUT2D eigenvalue weighted by Crippen LogP contribution is -2.41. The van der Waals surface area contributed by atoms with Crippen LogP contribution in [0.25, 0.3) is 0 Å². The number of carbonyl (C=O) groups is 1. The second-order valence-electron chi connectivity index (χ2n) is 3.39. The van der Waals surface area contributed by atoms with Gasteiger partial charge in [-0.25, -0.2) is 0 Å². The molecule has 0 bridgehead atoms. The zero-order valence-corrected chi connectivity index (χ0v) is 9.24. The molecule has 3 N–H and O–H groups in total. The van der Waals surface area contributed by atoms with Gasteiger partial charge in [0, 0.05) is 18.3 Å². The molecule has 2 atom stereocenters. The fourth-order valence-electron chi connectivity index (χ4n) is 1.31. The van der Waals surface area contributed by atoms with Gasteiger partial charge in [-0.2, -0.15) is 13.2 Å². The summed E-state index contributed by atoms with van der Waals surface area (Å²) in [6, 6.07) is -0.365. The lowest BCUT2D eigenvalue weighted by atomic mass is 10.0. The summed E-state index contributed by atoms with van der Waals surface area (Å²) in [7, 11) is 0. The van der Waals surface area contributed by atoms with Gasteiger partial charge in [-0.1, -0.05) is 0 Å². The van der Waals surface area contributed by atoms with E-state index in [1.54, 1.807) is 0 Å². The number of nitrogens with two attached hydrogens (primary N) is 1. The standard InChI is InChI=1S/C8H13F3N2O2S/c9-8(10,11)16-2-1-13-7(14)5-3-15-4-6(5)12/h5-6H,1-4,12H2,(H,13,14). The van der Waals surface area contributed by atoms with Crippen LogP contribution in [-0.2, 0) is 9.53 Å². The van der Waals surface area contributed by atoms with E-state index >= 15 is 0 Å². The zero-order valence-electron chi connectivity index (χ0n) is 8.42. The Morgan fingerprint density at radius 1 is 1.50 bits per heavy atom. The van der Waals surface area contributed by atoms with E-state index in [0.717, 1.165) is 0 Å². The van der Waals surface area contributed by atoms with Crippen LogP contribution >= 0.6 is 11.8 Å². The normalized spacial score (nSPS) is 25.8. The van der Waals surface area contributed by atoms with Crippen LogP contribution in [-0.4, -0.2) is 43.0 Å². The van der Waals surface area contributed by atoms with Crippen LogP contribution in [0.2, 0.25) is 0 Å². The molecule has 0 aromatic rings. The van der Waals surface area contributed by atoms with Crippen LogP contribution < -0.4 is 11.1 Å². The number of carbonyl (C=O) groups excluding carboxylic acids is 1. The van der Waals surface area contributed by atoms with E-state index in [1.807, 2.05) is 0 Å². The van der Waals surface area contributed by atoms with Crippen molar-refractivity contribution in [3.63, 3.8) is 0 Å². The maximum Gasteiger partial charge on any atom is 0.441 e. The van der Waals surface area contributed by atoms with Gasteiger partial charge in [0.2, 0.25) is 5.91 Å². The second kappa shape index (κ2) is 5.74. The first-order chi connectivity index (χ1) is 7.40. The van der Waals surface area contributed by atoms with Crippen molar-refractivity contribution in [1.29, 1.82) is 0 Å². The molecule has 0 aromatic carbocycles. The maximum absolute atomic E-state index is 11.8. The number of nitrogens with one attached hydrogen (secondary N) is 1. The van der Waals surface area contributed by atoms with E-state index in [1.165, 1.54) is 0 Å². The van der Waals surface area contributed by atoms with Crippen molar-refractivity contribution < 1.29 is 22.7 Å². The van der Waals surface area contributed by atoms with Crippen molar-refractivity contribution in [2.75, 3.05) is 25.5 Å². The maximum atomic E-state index is 11.8. The van der Waals surface area contributed by atoms with E-state index in [2.05, 4.69) is 5.32 Å². The Hall–Kier alpha value is -0.470. The Kier molecular flexibility index (Phi) is 4.88. The van der Waals surface area contributed by atoms with Crippen molar-refractivity contribution in [3.05, 3.63) is 0 Å². The number of rotatable bonds is 4. The summed E-state index contributed by atoms with van der Waals surface area (Å²) < 4.78 is 40.2. The fraction of sp³-hybridized carbons (Fsp3) is 0.875. The highest BCUT2D eigenvalue weighted by molar-refractivity contribution is 8.00. The summed E-state index contributed by atoms with van der Waals surface area (Å²) in [6.07, 6.45) is 0. The molecule has 1 aliphatic heterocycles. The first-order valence-electron chi connectivity index (χ1n) is 4.72. The Labute approximate surface area is 95.1 Å². The smallest absolute Gasteiger partial charge is 0.379 e. The third-order valence-electron chi connectivity index (χ3n) is 2.13. The SMILES string of the molecule is NC1COCC1C(=O)NCCSC(F)(F)F. The number of halogens is 3. The molecule has 4 nitrogen and oxygen atoms in total. The molecule has 1 heterocycles. The van der Waals surface area contributed by atoms with E-state index in [0.29, 0.717) is 6.61 Å². The summed E-state index contributed by atoms with van der Waals surface area (Å²) >= 11 is -0.158. The molecule has 2 unspecified atom stereocenters. The molecule has 8 heteroatoms. The quantitative estimate of drug-likeness (QED) is 0.713. The summed E-state index contributed by atoms with van der Waals surface area (Å²) in [4.78, 5) is 11.4. The molecule has 0 radical (unpaired) electrons. The van der Waals surface area contributed by atoms with Crippen molar-refractivity contribution in [2.45, 2.75) is 11.6 Å². The molecule has 0 aliphatic carbocycles. The second-order valence-corrected chi connectivity index (χ2v) is 4.55. The van der Waals surface area contributed by atoms with Crippen LogP contribution in [0.4, 0.5) is 13.2 Å². The highest BCUT2D eigenvalue weighted by Gasteiger charge is 2.31. The fourth-order valence-corrected chi connectivity index (χ4v) is 1.75. The van der Waals surface area contributed by atoms with E-state index in [-0.39, 0.29) is 42.6 Å². The van der Waals surface area contributed by atoms with Crippen LogP contribution in [0.3, 0.4) is 0 Å². The van der Waals surface area contributed by atoms with Gasteiger partial charge in [-0.3, -0.25) is 4.79 Å². The van der Waals surface area contributed by atoms with Gasteiger partial charge in [0.25, 0.3) is 0 Å². The van der Waals surface area contributed by atoms with Crippen LogP contribution in [0, 0.1) is 5.92 Å². The minimum absolute atomic E-state index is 0.0216. The van der Waals surface area contributed by atoms with Gasteiger partial charge in [-0.15, -0.1) is 0 Å². The number of hydrogen-bond donors (Lipinski definition) is 2. The Bertz CT molecular complexity index is 250. The molecule has 0 saturated carbocycles. The van der Waals surface area contributed by atoms with Crippen molar-refractivity contribution in [1.82, 2.24) is 5.32 Å². The topological polar surface area (TPSA) is 64.3 Å². The zero-order chi connectivity index (χ0) is 12.2. The molecule has 94 valence electrons. The van der Waals surface area contributed by atoms with Gasteiger partial charge < -0.3 is 15.8 Å². The minimum Gasteiger partial charge on any atom is -0.379 e. The largest absolute Gasteiger partial charge is 0.441 e. The predicted octanol–water partition coefficient (Wildman–Crippen LogP) is 0.329. The molecule has 0 spiro atoms. The summed E-state index contributed by atoms with van der Waals surface area (Å²) in [6.45, 7) is 0.529. The lowest BCUT2D eigenvalue weighted by molar-refractivity contribution is -0.125. The Morgan fingerprint density at radius 3 is 2.69 bits per heavy atom. The summed E-state index contributed by atoms with van der Waals surface area (Å²) in [5, 5.41) is 2.41. The van der Waals surface area contributed by atoms with E-state index < -0.39 is 11.4 Å². The average Bonchev–Trinajstić information content (AvgIpc) is 2.57. The summed E-state index contributed by atoms with van der Waals surface area (Å²) in [5.74, 6) is -0.985. The minimum atomic E-state index is -4.25. The molecule has 16 heavy (non-hydrogen) atoms. The predicted molar refractivity (Wildman–Crippen MR) is 53.8 cm³/mol. The van der Waals surface area contributed by atoms with Gasteiger partial charge in [0.15, 0.2) is 0 Å². The molecular weight excluding hydrogens is 245 g/mol. The molecule has 1 amide bonds. The highest BCUT2D eigenvalue weighted by atomic mass is 32.2. The van der Waals surface area contributed by atoms with Gasteiger partial charge >= 0.3 is 5.51 Å². The van der Waals surface area contributed by atoms with Crippen molar-refractivity contribution in [3.8, 4) is 0 Å². The van der Waals surface area contributed by atoms with E-state index in [9.17, 15) is 18.0 Å². The van der Waals surface area contributed by atoms with E-state index in [4.69, 9.17) is 10.5 Å². The highest BCUT2D eigenvalue weighted by Crippen LogP contribution is 2.29. The summed E-state index contributed by atoms with van der Waals surface area (Å²) in [5.41, 5.74) is 1.33. The molecular formula is C8H13F3N2O2S. The Morgan fingerprint density at radius 2 is 2.19 bits per heavy atom.